The first-order chi connectivity index (χ1) is 10.9. The molecule has 1 aromatic carbocycles. The van der Waals surface area contributed by atoms with E-state index in [1.165, 1.54) is 6.20 Å². The number of H-pyrrole nitrogens is 1. The zero-order valence-corrected chi connectivity index (χ0v) is 14.0. The van der Waals surface area contributed by atoms with Crippen molar-refractivity contribution in [1.82, 2.24) is 4.98 Å². The average molecular weight is 409 g/mol. The zero-order valence-electron chi connectivity index (χ0n) is 11.7. The van der Waals surface area contributed by atoms with Crippen LogP contribution in [0.25, 0.3) is 10.9 Å². The predicted octanol–water partition coefficient (Wildman–Crippen LogP) is 0.762. The molecule has 7 nitrogen and oxygen atoms in total. The molecule has 0 radical (unpaired) electrons. The molecule has 2 heterocycles. The molecule has 0 spiro atoms. The molecule has 2 aromatic rings. The molecule has 0 unspecified atom stereocenters. The second-order valence-electron chi connectivity index (χ2n) is 5.25. The number of benzene rings is 1. The lowest BCUT2D eigenvalue weighted by molar-refractivity contribution is -0.280. The molecule has 5 atom stereocenters. The number of rotatable bonds is 3. The summed E-state index contributed by atoms with van der Waals surface area (Å²) in [7, 11) is 0. The van der Waals surface area contributed by atoms with Gasteiger partial charge in [-0.25, -0.2) is 0 Å². The molecule has 0 saturated carbocycles. The molecule has 1 aliphatic rings. The minimum Gasteiger partial charge on any atom is -0.480 e. The lowest BCUT2D eigenvalue weighted by Crippen LogP contribution is -2.60. The minimum absolute atomic E-state index is 0.299. The van der Waals surface area contributed by atoms with Gasteiger partial charge in [0.05, 0.1) is 22.5 Å². The molecule has 5 N–H and O–H groups in total. The maximum Gasteiger partial charge on any atom is 0.195 e. The second kappa shape index (κ2) is 6.56. The van der Waals surface area contributed by atoms with Crippen LogP contribution in [0.4, 0.5) is 0 Å². The van der Waals surface area contributed by atoms with Crippen LogP contribution in [0.15, 0.2) is 22.8 Å². The van der Waals surface area contributed by atoms with Gasteiger partial charge >= 0.3 is 0 Å². The summed E-state index contributed by atoms with van der Waals surface area (Å²) >= 11 is 9.57. The Balaban J connectivity index is 1.91. The van der Waals surface area contributed by atoms with Crippen LogP contribution < -0.4 is 4.74 Å². The molecule has 126 valence electrons. The fourth-order valence-corrected chi connectivity index (χ4v) is 3.15. The van der Waals surface area contributed by atoms with Crippen molar-refractivity contribution in [2.24, 2.45) is 0 Å². The largest absolute Gasteiger partial charge is 0.480 e. The molecule has 23 heavy (non-hydrogen) atoms. The number of aromatic amines is 1. The van der Waals surface area contributed by atoms with Gasteiger partial charge in [0.1, 0.15) is 24.1 Å². The third kappa shape index (κ3) is 2.96. The number of halogens is 2. The Labute approximate surface area is 144 Å². The Bertz CT molecular complexity index is 710. The van der Waals surface area contributed by atoms with Crippen molar-refractivity contribution < 1.29 is 29.9 Å². The van der Waals surface area contributed by atoms with Gasteiger partial charge in [0.2, 0.25) is 0 Å². The molecule has 1 saturated heterocycles. The van der Waals surface area contributed by atoms with E-state index in [1.54, 1.807) is 12.1 Å². The SMILES string of the molecule is OC[C@H]1O[C@@H](O)[C@H](Oc2c[nH]c3ccc(Br)c(Cl)c23)[C@@H](O)[C@H]1O. The molecular formula is C14H15BrClNO6. The highest BCUT2D eigenvalue weighted by atomic mass is 79.9. The first-order valence-corrected chi connectivity index (χ1v) is 8.03. The van der Waals surface area contributed by atoms with Crippen LogP contribution in [0, 0.1) is 0 Å². The Kier molecular flexibility index (Phi) is 4.84. The topological polar surface area (TPSA) is 115 Å². The molecule has 3 rings (SSSR count). The van der Waals surface area contributed by atoms with Crippen molar-refractivity contribution in [2.45, 2.75) is 30.7 Å². The van der Waals surface area contributed by atoms with Gasteiger partial charge in [0.25, 0.3) is 0 Å². The van der Waals surface area contributed by atoms with Gasteiger partial charge in [-0.05, 0) is 28.1 Å². The van der Waals surface area contributed by atoms with Crippen molar-refractivity contribution >= 4 is 38.4 Å². The summed E-state index contributed by atoms with van der Waals surface area (Å²) in [5.41, 5.74) is 0.711. The van der Waals surface area contributed by atoms with Crippen molar-refractivity contribution in [3.8, 4) is 5.75 Å². The Morgan fingerprint density at radius 3 is 2.70 bits per heavy atom. The first-order valence-electron chi connectivity index (χ1n) is 6.86. The highest BCUT2D eigenvalue weighted by Crippen LogP contribution is 2.38. The monoisotopic (exact) mass is 407 g/mol. The van der Waals surface area contributed by atoms with E-state index in [0.717, 1.165) is 0 Å². The summed E-state index contributed by atoms with van der Waals surface area (Å²) in [6.07, 6.45) is -5.12. The summed E-state index contributed by atoms with van der Waals surface area (Å²) in [5, 5.41) is 40.0. The lowest BCUT2D eigenvalue weighted by atomic mass is 9.99. The Hall–Kier alpha value is -0.870. The summed E-state index contributed by atoms with van der Waals surface area (Å²) < 4.78 is 11.4. The van der Waals surface area contributed by atoms with Gasteiger partial charge in [-0.3, -0.25) is 0 Å². The number of hydrogen-bond donors (Lipinski definition) is 5. The molecule has 1 aliphatic heterocycles. The lowest BCUT2D eigenvalue weighted by Gasteiger charge is -2.39. The van der Waals surface area contributed by atoms with E-state index in [-0.39, 0.29) is 0 Å². The minimum atomic E-state index is -1.51. The summed E-state index contributed by atoms with van der Waals surface area (Å²) in [6.45, 7) is -0.534. The van der Waals surface area contributed by atoms with E-state index in [4.69, 9.17) is 26.2 Å². The number of aliphatic hydroxyl groups is 4. The maximum atomic E-state index is 10.1. The predicted molar refractivity (Wildman–Crippen MR) is 85.4 cm³/mol. The quantitative estimate of drug-likeness (QED) is 0.512. The molecule has 0 aliphatic carbocycles. The number of ether oxygens (including phenoxy) is 2. The second-order valence-corrected chi connectivity index (χ2v) is 6.48. The number of nitrogens with one attached hydrogen (secondary N) is 1. The van der Waals surface area contributed by atoms with Gasteiger partial charge in [0.15, 0.2) is 12.4 Å². The van der Waals surface area contributed by atoms with E-state index < -0.39 is 37.3 Å². The highest BCUT2D eigenvalue weighted by Gasteiger charge is 2.45. The summed E-state index contributed by atoms with van der Waals surface area (Å²) in [5.74, 6) is 0.299. The van der Waals surface area contributed by atoms with Gasteiger partial charge < -0.3 is 34.9 Å². The van der Waals surface area contributed by atoms with Crippen LogP contribution in [0.1, 0.15) is 0 Å². The third-order valence-electron chi connectivity index (χ3n) is 3.81. The normalized spacial score (nSPS) is 31.5. The summed E-state index contributed by atoms with van der Waals surface area (Å²) in [4.78, 5) is 2.97. The highest BCUT2D eigenvalue weighted by molar-refractivity contribution is 9.10. The average Bonchev–Trinajstić information content (AvgIpc) is 2.94. The van der Waals surface area contributed by atoms with Crippen molar-refractivity contribution in [3.05, 3.63) is 27.8 Å². The van der Waals surface area contributed by atoms with Crippen LogP contribution in [-0.4, -0.2) is 62.7 Å². The molecule has 1 aromatic heterocycles. The molecule has 1 fully saturated rings. The molecule has 0 bridgehead atoms. The molecule has 9 heteroatoms. The maximum absolute atomic E-state index is 10.1. The van der Waals surface area contributed by atoms with Gasteiger partial charge in [0, 0.05) is 10.7 Å². The fraction of sp³-hybridized carbons (Fsp3) is 0.429. The molecule has 0 amide bonds. The van der Waals surface area contributed by atoms with Crippen LogP contribution in [-0.2, 0) is 4.74 Å². The van der Waals surface area contributed by atoms with Gasteiger partial charge in [-0.15, -0.1) is 0 Å². The number of fused-ring (bicyclic) bond motifs is 1. The third-order valence-corrected chi connectivity index (χ3v) is 5.09. The van der Waals surface area contributed by atoms with Gasteiger partial charge in [-0.1, -0.05) is 11.6 Å². The number of aromatic nitrogens is 1. The fourth-order valence-electron chi connectivity index (χ4n) is 2.57. The summed E-state index contributed by atoms with van der Waals surface area (Å²) in [6, 6.07) is 3.56. The zero-order chi connectivity index (χ0) is 16.7. The van der Waals surface area contributed by atoms with Gasteiger partial charge in [-0.2, -0.15) is 0 Å². The van der Waals surface area contributed by atoms with Crippen LogP contribution in [0.3, 0.4) is 0 Å². The van der Waals surface area contributed by atoms with E-state index in [9.17, 15) is 15.3 Å². The smallest absolute Gasteiger partial charge is 0.195 e. The van der Waals surface area contributed by atoms with E-state index in [2.05, 4.69) is 20.9 Å². The van der Waals surface area contributed by atoms with E-state index >= 15 is 0 Å². The van der Waals surface area contributed by atoms with Crippen LogP contribution in [0.2, 0.25) is 5.02 Å². The van der Waals surface area contributed by atoms with Crippen molar-refractivity contribution in [2.75, 3.05) is 6.61 Å². The van der Waals surface area contributed by atoms with E-state index in [0.29, 0.717) is 26.1 Å². The Morgan fingerprint density at radius 1 is 1.26 bits per heavy atom. The van der Waals surface area contributed by atoms with Crippen LogP contribution >= 0.6 is 27.5 Å². The van der Waals surface area contributed by atoms with Crippen molar-refractivity contribution in [3.63, 3.8) is 0 Å². The van der Waals surface area contributed by atoms with E-state index in [1.807, 2.05) is 0 Å². The number of hydrogen-bond acceptors (Lipinski definition) is 6. The standard InChI is InChI=1S/C14H15BrClNO6/c15-5-1-2-6-9(10(5)16)7(3-17-6)22-13-12(20)11(19)8(4-18)23-14(13)21/h1-3,8,11-14,17-21H,4H2/t8-,11+,12+,13-,14-/m1/s1. The van der Waals surface area contributed by atoms with Crippen molar-refractivity contribution in [1.29, 1.82) is 0 Å². The number of aliphatic hydroxyl groups excluding tert-OH is 4. The first kappa shape index (κ1) is 17.0. The Morgan fingerprint density at radius 2 is 2.00 bits per heavy atom. The van der Waals surface area contributed by atoms with Crippen LogP contribution in [0.5, 0.6) is 5.75 Å². The molecular weight excluding hydrogens is 394 g/mol.